The number of aldehydes is 1. The Bertz CT molecular complexity index is 575. The molecule has 2 rings (SSSR count). The van der Waals surface area contributed by atoms with Gasteiger partial charge in [0, 0.05) is 12.1 Å². The molecule has 0 unspecified atom stereocenters. The molecule has 0 spiro atoms. The molecule has 3 nitrogen and oxygen atoms in total. The van der Waals surface area contributed by atoms with Crippen LogP contribution in [0.4, 0.5) is 0 Å². The molecule has 1 aromatic carbocycles. The Morgan fingerprint density at radius 3 is 2.57 bits per heavy atom. The first-order valence-electron chi connectivity index (χ1n) is 7.52. The van der Waals surface area contributed by atoms with Gasteiger partial charge in [0.1, 0.15) is 5.01 Å². The molecule has 0 aliphatic carbocycles. The minimum absolute atomic E-state index is 0.542. The van der Waals surface area contributed by atoms with Crippen LogP contribution >= 0.6 is 11.3 Å². The second-order valence-electron chi connectivity index (χ2n) is 5.16. The molecule has 0 amide bonds. The summed E-state index contributed by atoms with van der Waals surface area (Å²) in [5, 5.41) is 0.922. The summed E-state index contributed by atoms with van der Waals surface area (Å²) in [6, 6.07) is 8.07. The van der Waals surface area contributed by atoms with E-state index in [1.807, 2.05) is 24.3 Å². The molecular weight excluding hydrogens is 280 g/mol. The zero-order valence-electron chi connectivity index (χ0n) is 12.5. The highest BCUT2D eigenvalue weighted by atomic mass is 32.1. The lowest BCUT2D eigenvalue weighted by molar-refractivity contribution is 0.112. The van der Waals surface area contributed by atoms with Gasteiger partial charge in [0.25, 0.3) is 0 Å². The van der Waals surface area contributed by atoms with Crippen molar-refractivity contribution in [2.75, 3.05) is 0 Å². The topological polar surface area (TPSA) is 56.0 Å². The van der Waals surface area contributed by atoms with Crippen LogP contribution in [-0.4, -0.2) is 11.3 Å². The van der Waals surface area contributed by atoms with E-state index in [2.05, 4.69) is 11.9 Å². The highest BCUT2D eigenvalue weighted by Gasteiger charge is 2.11. The van der Waals surface area contributed by atoms with Gasteiger partial charge in [-0.1, -0.05) is 50.5 Å². The molecule has 1 heterocycles. The Balaban J connectivity index is 2.13. The third-order valence-electron chi connectivity index (χ3n) is 3.54. The number of aryl methyl sites for hydroxylation is 1. The predicted octanol–water partition coefficient (Wildman–Crippen LogP) is 4.20. The molecule has 4 heteroatoms. The molecule has 0 saturated heterocycles. The maximum Gasteiger partial charge on any atom is 0.161 e. The van der Waals surface area contributed by atoms with Crippen molar-refractivity contribution in [3.8, 4) is 10.6 Å². The van der Waals surface area contributed by atoms with Crippen molar-refractivity contribution in [2.24, 2.45) is 5.73 Å². The third kappa shape index (κ3) is 4.22. The summed E-state index contributed by atoms with van der Waals surface area (Å²) < 4.78 is 0. The zero-order valence-corrected chi connectivity index (χ0v) is 13.3. The summed E-state index contributed by atoms with van der Waals surface area (Å²) in [5.74, 6) is 0. The van der Waals surface area contributed by atoms with Crippen molar-refractivity contribution in [3.63, 3.8) is 0 Å². The fourth-order valence-electron chi connectivity index (χ4n) is 2.26. The van der Waals surface area contributed by atoms with E-state index in [4.69, 9.17) is 5.73 Å². The lowest BCUT2D eigenvalue weighted by Gasteiger charge is -1.99. The number of nitrogens with zero attached hydrogens (tertiary/aromatic N) is 1. The molecule has 0 atom stereocenters. The van der Waals surface area contributed by atoms with Gasteiger partial charge >= 0.3 is 0 Å². The standard InChI is InChI=1S/C17H22N2OS/c1-2-3-4-5-6-15-16(12-20)21-17(19-15)14-9-7-13(11-18)8-10-14/h7-10,12H,2-6,11,18H2,1H3. The third-order valence-corrected chi connectivity index (χ3v) is 4.61. The van der Waals surface area contributed by atoms with Crippen LogP contribution in [0.3, 0.4) is 0 Å². The van der Waals surface area contributed by atoms with Crippen molar-refractivity contribution in [1.29, 1.82) is 0 Å². The first kappa shape index (κ1) is 15.9. The Kier molecular flexibility index (Phi) is 6.08. The van der Waals surface area contributed by atoms with Gasteiger partial charge in [-0.05, 0) is 18.4 Å². The Morgan fingerprint density at radius 2 is 1.95 bits per heavy atom. The van der Waals surface area contributed by atoms with Crippen LogP contribution in [0.1, 0.15) is 53.5 Å². The second kappa shape index (κ2) is 8.05. The minimum Gasteiger partial charge on any atom is -0.326 e. The van der Waals surface area contributed by atoms with Crippen molar-refractivity contribution >= 4 is 17.6 Å². The van der Waals surface area contributed by atoms with E-state index in [1.165, 1.54) is 30.6 Å². The second-order valence-corrected chi connectivity index (χ2v) is 6.19. The lowest BCUT2D eigenvalue weighted by atomic mass is 10.1. The predicted molar refractivity (Wildman–Crippen MR) is 88.7 cm³/mol. The van der Waals surface area contributed by atoms with Gasteiger partial charge in [-0.15, -0.1) is 11.3 Å². The largest absolute Gasteiger partial charge is 0.326 e. The van der Waals surface area contributed by atoms with Gasteiger partial charge in [0.15, 0.2) is 6.29 Å². The summed E-state index contributed by atoms with van der Waals surface area (Å²) in [7, 11) is 0. The van der Waals surface area contributed by atoms with Crippen LogP contribution in [0.2, 0.25) is 0 Å². The first-order chi connectivity index (χ1) is 10.3. The number of rotatable bonds is 8. The average molecular weight is 302 g/mol. The number of aromatic nitrogens is 1. The molecule has 112 valence electrons. The summed E-state index contributed by atoms with van der Waals surface area (Å²) in [4.78, 5) is 16.6. The van der Waals surface area contributed by atoms with E-state index >= 15 is 0 Å². The number of carbonyl (C=O) groups excluding carboxylic acids is 1. The highest BCUT2D eigenvalue weighted by Crippen LogP contribution is 2.28. The number of thiazole rings is 1. The lowest BCUT2D eigenvalue weighted by Crippen LogP contribution is -1.95. The monoisotopic (exact) mass is 302 g/mol. The van der Waals surface area contributed by atoms with E-state index in [0.717, 1.165) is 45.8 Å². The number of benzene rings is 1. The number of unbranched alkanes of at least 4 members (excludes halogenated alkanes) is 3. The Hall–Kier alpha value is -1.52. The number of hydrogen-bond donors (Lipinski definition) is 1. The fourth-order valence-corrected chi connectivity index (χ4v) is 3.19. The smallest absolute Gasteiger partial charge is 0.161 e. The summed E-state index contributed by atoms with van der Waals surface area (Å²) >= 11 is 1.48. The van der Waals surface area contributed by atoms with Crippen molar-refractivity contribution in [1.82, 2.24) is 4.98 Å². The normalized spacial score (nSPS) is 10.8. The quantitative estimate of drug-likeness (QED) is 0.587. The first-order valence-corrected chi connectivity index (χ1v) is 8.34. The number of carbonyl (C=O) groups is 1. The van der Waals surface area contributed by atoms with Crippen LogP contribution < -0.4 is 5.73 Å². The SMILES string of the molecule is CCCCCCc1nc(-c2ccc(CN)cc2)sc1C=O. The molecule has 0 radical (unpaired) electrons. The molecular formula is C17H22N2OS. The van der Waals surface area contributed by atoms with Crippen molar-refractivity contribution in [2.45, 2.75) is 45.6 Å². The molecule has 21 heavy (non-hydrogen) atoms. The van der Waals surface area contributed by atoms with Crippen LogP contribution in [0.25, 0.3) is 10.6 Å². The van der Waals surface area contributed by atoms with Gasteiger partial charge < -0.3 is 5.73 Å². The minimum atomic E-state index is 0.542. The fraction of sp³-hybridized carbons (Fsp3) is 0.412. The molecule has 0 saturated carbocycles. The average Bonchev–Trinajstić information content (AvgIpc) is 2.95. The van der Waals surface area contributed by atoms with E-state index in [-0.39, 0.29) is 0 Å². The van der Waals surface area contributed by atoms with Crippen LogP contribution in [0.15, 0.2) is 24.3 Å². The number of nitrogens with two attached hydrogens (primary N) is 1. The number of hydrogen-bond acceptors (Lipinski definition) is 4. The van der Waals surface area contributed by atoms with Crippen LogP contribution in [-0.2, 0) is 13.0 Å². The van der Waals surface area contributed by atoms with Crippen molar-refractivity contribution < 1.29 is 4.79 Å². The molecule has 2 aromatic rings. The summed E-state index contributed by atoms with van der Waals surface area (Å²) in [6.45, 7) is 2.74. The van der Waals surface area contributed by atoms with Gasteiger partial charge in [0.2, 0.25) is 0 Å². The highest BCUT2D eigenvalue weighted by molar-refractivity contribution is 7.16. The van der Waals surface area contributed by atoms with Gasteiger partial charge in [-0.25, -0.2) is 4.98 Å². The maximum absolute atomic E-state index is 11.2. The van der Waals surface area contributed by atoms with E-state index in [0.29, 0.717) is 6.54 Å². The van der Waals surface area contributed by atoms with Gasteiger partial charge in [-0.2, -0.15) is 0 Å². The van der Waals surface area contributed by atoms with E-state index < -0.39 is 0 Å². The molecule has 2 N–H and O–H groups in total. The van der Waals surface area contributed by atoms with Crippen LogP contribution in [0, 0.1) is 0 Å². The van der Waals surface area contributed by atoms with E-state index in [1.54, 1.807) is 0 Å². The summed E-state index contributed by atoms with van der Waals surface area (Å²) in [5.41, 5.74) is 8.71. The van der Waals surface area contributed by atoms with Gasteiger partial charge in [-0.3, -0.25) is 4.79 Å². The zero-order chi connectivity index (χ0) is 15.1. The molecule has 1 aromatic heterocycles. The van der Waals surface area contributed by atoms with Crippen molar-refractivity contribution in [3.05, 3.63) is 40.4 Å². The molecule has 0 fully saturated rings. The Morgan fingerprint density at radius 1 is 1.19 bits per heavy atom. The molecule has 0 aliphatic heterocycles. The molecule has 0 bridgehead atoms. The van der Waals surface area contributed by atoms with Crippen LogP contribution in [0.5, 0.6) is 0 Å². The summed E-state index contributed by atoms with van der Waals surface area (Å²) in [6.07, 6.45) is 6.59. The molecule has 0 aliphatic rings. The maximum atomic E-state index is 11.2. The Labute approximate surface area is 130 Å². The van der Waals surface area contributed by atoms with Gasteiger partial charge in [0.05, 0.1) is 10.6 Å². The van der Waals surface area contributed by atoms with E-state index in [9.17, 15) is 4.79 Å².